The van der Waals surface area contributed by atoms with Crippen molar-refractivity contribution in [1.82, 2.24) is 0 Å². The quantitative estimate of drug-likeness (QED) is 0.214. The number of phenolic OH excluding ortho intramolecular Hbond substituents is 1. The Morgan fingerprint density at radius 2 is 1.45 bits per heavy atom. The average Bonchev–Trinajstić information content (AvgIpc) is 2.73. The van der Waals surface area contributed by atoms with Crippen LogP contribution in [0.3, 0.4) is 0 Å². The third-order valence-corrected chi connectivity index (χ3v) is 4.56. The van der Waals surface area contributed by atoms with Gasteiger partial charge in [-0.05, 0) is 31.2 Å². The number of phenols is 1. The largest absolute Gasteiger partial charge is 0.506 e. The van der Waals surface area contributed by atoms with Gasteiger partial charge in [-0.15, -0.1) is 0 Å². The van der Waals surface area contributed by atoms with Gasteiger partial charge in [0.15, 0.2) is 23.3 Å². The molecular weight excluding hydrogens is 440 g/mol. The van der Waals surface area contributed by atoms with Crippen LogP contribution in [0.25, 0.3) is 0 Å². The van der Waals surface area contributed by atoms with Crippen LogP contribution in [0.2, 0.25) is 5.02 Å². The summed E-state index contributed by atoms with van der Waals surface area (Å²) in [4.78, 5) is 24.5. The van der Waals surface area contributed by atoms with E-state index in [1.807, 2.05) is 6.92 Å². The molecule has 5 nitrogen and oxygen atoms in total. The molecule has 0 aliphatic heterocycles. The molecule has 0 saturated heterocycles. The molecule has 0 saturated carbocycles. The molecule has 0 unspecified atom stereocenters. The lowest BCUT2D eigenvalue weighted by Crippen LogP contribution is -2.17. The van der Waals surface area contributed by atoms with Crippen molar-refractivity contribution in [1.29, 1.82) is 0 Å². The van der Waals surface area contributed by atoms with Crippen LogP contribution < -0.4 is 10.6 Å². The van der Waals surface area contributed by atoms with Gasteiger partial charge in [0, 0.05) is 11.6 Å². The topological polar surface area (TPSA) is 78.4 Å². The lowest BCUT2D eigenvalue weighted by Gasteiger charge is -2.13. The number of halogens is 5. The maximum absolute atomic E-state index is 13.8. The Morgan fingerprint density at radius 3 is 2.10 bits per heavy atom. The molecule has 10 heteroatoms. The SMILES string of the molecule is Cc1ccc(C(=O)Nc2cc(Cl)c(NC(=O)c3cc(F)c(F)c(F)c3F)cc2O)cc1. The highest BCUT2D eigenvalue weighted by Gasteiger charge is 2.24. The normalized spacial score (nSPS) is 10.6. The molecule has 3 rings (SSSR count). The lowest BCUT2D eigenvalue weighted by molar-refractivity contribution is 0.101. The number of amides is 2. The zero-order valence-electron chi connectivity index (χ0n) is 15.7. The summed E-state index contributed by atoms with van der Waals surface area (Å²) in [5.41, 5.74) is -0.182. The van der Waals surface area contributed by atoms with Gasteiger partial charge in [0.05, 0.1) is 22.0 Å². The number of nitrogens with one attached hydrogen (secondary N) is 2. The van der Waals surface area contributed by atoms with Crippen molar-refractivity contribution in [2.24, 2.45) is 0 Å². The second-order valence-electron chi connectivity index (χ2n) is 6.47. The average molecular weight is 453 g/mol. The highest BCUT2D eigenvalue weighted by Crippen LogP contribution is 2.34. The first-order valence-corrected chi connectivity index (χ1v) is 9.01. The zero-order valence-corrected chi connectivity index (χ0v) is 16.5. The minimum absolute atomic E-state index is 0.0846. The Balaban J connectivity index is 1.83. The molecule has 0 atom stereocenters. The summed E-state index contributed by atoms with van der Waals surface area (Å²) in [5.74, 6) is -10.2. The second-order valence-corrected chi connectivity index (χ2v) is 6.88. The number of carbonyl (C=O) groups is 2. The van der Waals surface area contributed by atoms with Crippen molar-refractivity contribution in [2.45, 2.75) is 6.92 Å². The van der Waals surface area contributed by atoms with Gasteiger partial charge in [0.1, 0.15) is 5.75 Å². The van der Waals surface area contributed by atoms with Crippen LogP contribution in [0.1, 0.15) is 26.3 Å². The Kier molecular flexibility index (Phi) is 6.16. The van der Waals surface area contributed by atoms with E-state index in [0.29, 0.717) is 5.56 Å². The summed E-state index contributed by atoms with van der Waals surface area (Å²) in [7, 11) is 0. The van der Waals surface area contributed by atoms with Crippen LogP contribution in [-0.4, -0.2) is 16.9 Å². The van der Waals surface area contributed by atoms with E-state index < -0.39 is 46.4 Å². The van der Waals surface area contributed by atoms with Crippen molar-refractivity contribution >= 4 is 34.8 Å². The van der Waals surface area contributed by atoms with Gasteiger partial charge >= 0.3 is 0 Å². The summed E-state index contributed by atoms with van der Waals surface area (Å²) in [6, 6.07) is 8.84. The first-order chi connectivity index (χ1) is 14.6. The molecule has 2 amide bonds. The molecular formula is C21H13ClF4N2O3. The monoisotopic (exact) mass is 452 g/mol. The molecule has 0 spiro atoms. The Bertz CT molecular complexity index is 1200. The van der Waals surface area contributed by atoms with Crippen LogP contribution in [0, 0.1) is 30.2 Å². The van der Waals surface area contributed by atoms with E-state index >= 15 is 0 Å². The van der Waals surface area contributed by atoms with Crippen molar-refractivity contribution in [3.63, 3.8) is 0 Å². The molecule has 0 aromatic heterocycles. The standard InChI is InChI=1S/C21H13ClF4N2O3/c1-9-2-4-10(5-3-9)20(30)28-15-7-12(22)14(8-16(15)29)27-21(31)11-6-13(23)18(25)19(26)17(11)24/h2-8,29H,1H3,(H,27,31)(H,28,30). The fourth-order valence-corrected chi connectivity index (χ4v) is 2.80. The molecule has 0 aliphatic carbocycles. The number of hydrogen-bond acceptors (Lipinski definition) is 3. The summed E-state index contributed by atoms with van der Waals surface area (Å²) in [6.07, 6.45) is 0. The minimum atomic E-state index is -2.15. The predicted molar refractivity (Wildman–Crippen MR) is 106 cm³/mol. The molecule has 3 N–H and O–H groups in total. The lowest BCUT2D eigenvalue weighted by atomic mass is 10.1. The van der Waals surface area contributed by atoms with Gasteiger partial charge in [0.2, 0.25) is 0 Å². The number of aromatic hydroxyl groups is 1. The Hall–Kier alpha value is -3.59. The first-order valence-electron chi connectivity index (χ1n) is 8.63. The molecule has 0 radical (unpaired) electrons. The van der Waals surface area contributed by atoms with Crippen LogP contribution in [0.15, 0.2) is 42.5 Å². The van der Waals surface area contributed by atoms with E-state index in [1.54, 1.807) is 24.3 Å². The van der Waals surface area contributed by atoms with E-state index in [-0.39, 0.29) is 22.5 Å². The smallest absolute Gasteiger partial charge is 0.258 e. The van der Waals surface area contributed by atoms with Crippen LogP contribution in [0.4, 0.5) is 28.9 Å². The summed E-state index contributed by atoms with van der Waals surface area (Å²) in [6.45, 7) is 1.85. The molecule has 3 aromatic carbocycles. The van der Waals surface area contributed by atoms with Crippen molar-refractivity contribution in [3.05, 3.63) is 87.4 Å². The number of hydrogen-bond donors (Lipinski definition) is 3. The van der Waals surface area contributed by atoms with E-state index in [2.05, 4.69) is 10.6 Å². The second kappa shape index (κ2) is 8.65. The van der Waals surface area contributed by atoms with E-state index in [4.69, 9.17) is 11.6 Å². The van der Waals surface area contributed by atoms with Gasteiger partial charge < -0.3 is 15.7 Å². The van der Waals surface area contributed by atoms with E-state index in [0.717, 1.165) is 17.7 Å². The van der Waals surface area contributed by atoms with Gasteiger partial charge in [0.25, 0.3) is 11.8 Å². The highest BCUT2D eigenvalue weighted by molar-refractivity contribution is 6.34. The van der Waals surface area contributed by atoms with E-state index in [9.17, 15) is 32.3 Å². The molecule has 0 bridgehead atoms. The molecule has 3 aromatic rings. The summed E-state index contributed by atoms with van der Waals surface area (Å²) < 4.78 is 53.5. The van der Waals surface area contributed by atoms with Crippen molar-refractivity contribution < 1.29 is 32.3 Å². The summed E-state index contributed by atoms with van der Waals surface area (Å²) in [5, 5.41) is 14.5. The van der Waals surface area contributed by atoms with Crippen molar-refractivity contribution in [3.8, 4) is 5.75 Å². The number of aryl methyl sites for hydroxylation is 1. The maximum atomic E-state index is 13.8. The third kappa shape index (κ3) is 4.61. The molecule has 0 fully saturated rings. The van der Waals surface area contributed by atoms with Crippen molar-refractivity contribution in [2.75, 3.05) is 10.6 Å². The number of rotatable bonds is 4. The maximum Gasteiger partial charge on any atom is 0.258 e. The van der Waals surface area contributed by atoms with Crippen LogP contribution in [0.5, 0.6) is 5.75 Å². The molecule has 160 valence electrons. The van der Waals surface area contributed by atoms with Gasteiger partial charge in [-0.25, -0.2) is 17.6 Å². The molecule has 0 heterocycles. The van der Waals surface area contributed by atoms with Crippen LogP contribution in [-0.2, 0) is 0 Å². The minimum Gasteiger partial charge on any atom is -0.506 e. The predicted octanol–water partition coefficient (Wildman–Crippen LogP) is 5.42. The third-order valence-electron chi connectivity index (χ3n) is 4.24. The Morgan fingerprint density at radius 1 is 0.839 bits per heavy atom. The van der Waals surface area contributed by atoms with Crippen LogP contribution >= 0.6 is 11.6 Å². The number of anilines is 2. The van der Waals surface area contributed by atoms with E-state index in [1.165, 1.54) is 0 Å². The summed E-state index contributed by atoms with van der Waals surface area (Å²) >= 11 is 6.03. The Labute approximate surface area is 178 Å². The first kappa shape index (κ1) is 22.1. The van der Waals surface area contributed by atoms with Gasteiger partial charge in [-0.3, -0.25) is 9.59 Å². The van der Waals surface area contributed by atoms with Gasteiger partial charge in [-0.1, -0.05) is 29.3 Å². The number of carbonyl (C=O) groups excluding carboxylic acids is 2. The number of benzene rings is 3. The molecule has 31 heavy (non-hydrogen) atoms. The fraction of sp³-hybridized carbons (Fsp3) is 0.0476. The van der Waals surface area contributed by atoms with Gasteiger partial charge in [-0.2, -0.15) is 0 Å². The molecule has 0 aliphatic rings. The fourth-order valence-electron chi connectivity index (χ4n) is 2.58. The zero-order chi connectivity index (χ0) is 22.9. The highest BCUT2D eigenvalue weighted by atomic mass is 35.5.